The molecule has 3 aromatic rings. The van der Waals surface area contributed by atoms with Crippen molar-refractivity contribution < 1.29 is 88.0 Å². The first-order valence-corrected chi connectivity index (χ1v) is 28.5. The predicted molar refractivity (Wildman–Crippen MR) is 266 cm³/mol. The van der Waals surface area contributed by atoms with E-state index < -0.39 is 85.5 Å². The first-order valence-electron chi connectivity index (χ1n) is 23.5. The van der Waals surface area contributed by atoms with Crippen molar-refractivity contribution in [1.82, 2.24) is 24.7 Å². The number of anilines is 1. The number of azide groups is 1. The molecule has 6 rings (SSSR count). The van der Waals surface area contributed by atoms with Gasteiger partial charge in [0.1, 0.15) is 48.5 Å². The number of nitrogens with zero attached hydrogens (tertiary/aromatic N) is 7. The van der Waals surface area contributed by atoms with Gasteiger partial charge in [-0.15, -0.1) is 0 Å². The van der Waals surface area contributed by atoms with E-state index in [1.807, 2.05) is 6.92 Å². The van der Waals surface area contributed by atoms with Gasteiger partial charge in [0.15, 0.2) is 6.23 Å². The van der Waals surface area contributed by atoms with Gasteiger partial charge in [0.25, 0.3) is 5.91 Å². The number of rotatable bonds is 27. The lowest BCUT2D eigenvalue weighted by atomic mass is 9.86. The summed E-state index contributed by atoms with van der Waals surface area (Å²) in [5.74, 6) is 4.29. The fraction of sp³-hybridized carbons (Fsp3) is 0.488. The van der Waals surface area contributed by atoms with Crippen LogP contribution in [-0.4, -0.2) is 135 Å². The number of hydrogen-bond acceptors (Lipinski definition) is 17. The molecule has 0 spiro atoms. The van der Waals surface area contributed by atoms with Gasteiger partial charge in [0, 0.05) is 61.6 Å². The van der Waals surface area contributed by atoms with Crippen LogP contribution in [0.3, 0.4) is 0 Å². The van der Waals surface area contributed by atoms with Crippen LogP contribution in [0.25, 0.3) is 10.4 Å². The molecule has 7 N–H and O–H groups in total. The van der Waals surface area contributed by atoms with Crippen molar-refractivity contribution in [2.45, 2.75) is 83.4 Å². The Bertz CT molecular complexity index is 3060. The fourth-order valence-corrected chi connectivity index (χ4v) is 11.9. The lowest BCUT2D eigenvalue weighted by Crippen LogP contribution is -2.57. The first kappa shape index (κ1) is 59.4. The highest BCUT2D eigenvalue weighted by molar-refractivity contribution is 7.68. The average Bonchev–Trinajstić information content (AvgIpc) is 4.06. The Labute approximate surface area is 433 Å². The van der Waals surface area contributed by atoms with Crippen LogP contribution in [0.1, 0.15) is 77.6 Å². The van der Waals surface area contributed by atoms with Crippen LogP contribution in [0.2, 0.25) is 0 Å². The minimum absolute atomic E-state index is 0.0902. The molecule has 33 heteroatoms. The number of hydrogen-bond donors (Lipinski definition) is 6. The summed E-state index contributed by atoms with van der Waals surface area (Å²) in [5, 5.41) is 8.82. The third-order valence-electron chi connectivity index (χ3n) is 11.7. The van der Waals surface area contributed by atoms with Gasteiger partial charge >= 0.3 is 35.9 Å². The molecule has 76 heavy (non-hydrogen) atoms. The lowest BCUT2D eigenvalue weighted by Gasteiger charge is -2.35. The van der Waals surface area contributed by atoms with Crippen molar-refractivity contribution in [1.29, 1.82) is 0 Å². The molecule has 412 valence electrons. The normalized spacial score (nSPS) is 20.1. The molecule has 1 saturated heterocycles. The summed E-state index contributed by atoms with van der Waals surface area (Å²) in [5.41, 5.74) is 16.9. The summed E-state index contributed by atoms with van der Waals surface area (Å²) in [7, 11) is -15.3. The second-order valence-corrected chi connectivity index (χ2v) is 22.6. The topological polar surface area (TPSA) is 369 Å². The zero-order valence-corrected chi connectivity index (χ0v) is 44.0. The summed E-state index contributed by atoms with van der Waals surface area (Å²) in [6.07, 6.45) is 3.32. The first-order chi connectivity index (χ1) is 35.8. The lowest BCUT2D eigenvalue weighted by molar-refractivity contribution is -0.457. The fourth-order valence-electron chi connectivity index (χ4n) is 8.43. The molecule has 2 amide bonds. The second-order valence-electron chi connectivity index (χ2n) is 17.5. The number of phosphoric acid groups is 2. The Hall–Kier alpha value is -5.88. The summed E-state index contributed by atoms with van der Waals surface area (Å²) in [4.78, 5) is 85.5. The molecule has 0 radical (unpaired) electrons. The molecule has 27 nitrogen and oxygen atoms in total. The van der Waals surface area contributed by atoms with E-state index in [0.717, 1.165) is 14.6 Å². The largest absolute Gasteiger partial charge is 0.732 e. The molecular weight excluding hydrogens is 1070 g/mol. The van der Waals surface area contributed by atoms with Crippen LogP contribution in [0.4, 0.5) is 14.4 Å². The summed E-state index contributed by atoms with van der Waals surface area (Å²) < 4.78 is 105. The number of Topliss-reactive ketones (excluding diaryl/α,β-unsaturated/α-hetero) is 1. The molecule has 5 unspecified atom stereocenters. The Kier molecular flexibility index (Phi) is 20.3. The maximum Gasteiger partial charge on any atom is 0.732 e. The number of carbonyl (C=O) groups excluding carboxylic acids is 3. The number of aromatic nitrogens is 3. The Morgan fingerprint density at radius 1 is 1.11 bits per heavy atom. The molecule has 1 fully saturated rings. The minimum atomic E-state index is -5.47. The van der Waals surface area contributed by atoms with E-state index in [1.165, 1.54) is 16.7 Å². The highest BCUT2D eigenvalue weighted by Gasteiger charge is 2.54. The van der Waals surface area contributed by atoms with Crippen molar-refractivity contribution in [3.63, 3.8) is 0 Å². The van der Waals surface area contributed by atoms with Crippen molar-refractivity contribution in [3.8, 4) is 17.6 Å². The number of nitrogens with two attached hydrogens (primary N) is 1. The van der Waals surface area contributed by atoms with E-state index in [0.29, 0.717) is 36.6 Å². The van der Waals surface area contributed by atoms with Crippen LogP contribution in [-0.2, 0) is 57.1 Å². The van der Waals surface area contributed by atoms with E-state index in [1.54, 1.807) is 43.3 Å². The number of amides is 2. The highest BCUT2D eigenvalue weighted by atomic mass is 31.3. The maximum absolute atomic E-state index is 15.7. The van der Waals surface area contributed by atoms with Crippen LogP contribution in [0.15, 0.2) is 58.6 Å². The number of ketones is 1. The van der Waals surface area contributed by atoms with E-state index in [4.69, 9.17) is 35.1 Å². The quantitative estimate of drug-likeness (QED) is 0.0120. The number of nitrogens with one attached hydrogen (secondary N) is 2. The number of allylic oxidation sites excluding steroid dienone is 1. The molecule has 3 aliphatic heterocycles. The number of halogens is 2. The van der Waals surface area contributed by atoms with E-state index in [2.05, 4.69) is 50.6 Å². The Morgan fingerprint density at radius 2 is 1.88 bits per heavy atom. The van der Waals surface area contributed by atoms with Crippen molar-refractivity contribution >= 4 is 59.3 Å². The van der Waals surface area contributed by atoms with Gasteiger partial charge < -0.3 is 67.6 Å². The van der Waals surface area contributed by atoms with Crippen LogP contribution in [0.5, 0.6) is 5.75 Å². The number of aryl methyl sites for hydroxylation is 2. The molecule has 5 heterocycles. The van der Waals surface area contributed by atoms with Gasteiger partial charge in [-0.3, -0.25) is 28.0 Å². The van der Waals surface area contributed by atoms with E-state index in [-0.39, 0.29) is 93.5 Å². The predicted octanol–water partition coefficient (Wildman–Crippen LogP) is 3.93. The Morgan fingerprint density at radius 3 is 2.63 bits per heavy atom. The minimum Gasteiger partial charge on any atom is -0.491 e. The number of phosphoric ester groups is 1. The van der Waals surface area contributed by atoms with E-state index >= 15 is 8.63 Å². The van der Waals surface area contributed by atoms with Crippen molar-refractivity contribution in [2.24, 2.45) is 5.11 Å². The average molecular weight is 1130 g/mol. The van der Waals surface area contributed by atoms with Gasteiger partial charge in [0.05, 0.1) is 38.0 Å². The van der Waals surface area contributed by atoms with Gasteiger partial charge in [-0.25, -0.2) is 18.2 Å². The number of carbonyl (C=O) groups is 3. The third kappa shape index (κ3) is 16.8. The molecule has 1 aromatic carbocycles. The molecule has 0 saturated carbocycles. The molecule has 0 aliphatic carbocycles. The smallest absolute Gasteiger partial charge is 0.491 e. The zero-order valence-electron chi connectivity index (χ0n) is 41.3. The van der Waals surface area contributed by atoms with Gasteiger partial charge in [-0.1, -0.05) is 23.0 Å². The third-order valence-corrected chi connectivity index (χ3v) is 15.8. The number of benzene rings is 1. The zero-order chi connectivity index (χ0) is 55.4. The number of ether oxygens (including phenoxy) is 4. The molecule has 7 atom stereocenters. The summed E-state index contributed by atoms with van der Waals surface area (Å²) >= 11 is 0. The molecule has 0 bridgehead atoms. The number of nitrogen functional groups attached to an aromatic ring is 1. The number of fused-ring (bicyclic) bond motifs is 2. The van der Waals surface area contributed by atoms with Crippen molar-refractivity contribution in [2.75, 3.05) is 58.5 Å². The van der Waals surface area contributed by atoms with Crippen LogP contribution < -0.4 is 26.8 Å². The standard InChI is InChI=1S/C43H56BF2N10O17P3/c1-28-21-29(2)55-37(28)23-33-12-11-32(56(33)44(55,45)46)13-14-34(57)9-6-18-50-42(59)30-7-4-10-35(22-30)69-27-39(52-53-48)68-20-19-67-26-38(58)49-17-5-8-31-24-54(43(60)51-41(31)47)40-16-15-36(71-40)25-70-75(63,64)73-76(65,66)72-74(3,61)62/h4,7,10-12,21-22,24,33,36,39-40H,6,9,13-20,23,25-27H2,1-3H3,(H,49,58)(H,50,59)(H,61,62)(H,63,64)(H,65,66)(H2,47,51,60)/t33?,36-,39?,40+/m0/s1. The monoisotopic (exact) mass is 1130 g/mol. The Balaban J connectivity index is 0.847. The van der Waals surface area contributed by atoms with Crippen LogP contribution >= 0.6 is 23.2 Å². The summed E-state index contributed by atoms with van der Waals surface area (Å²) in [6.45, 7) is -1.48. The highest BCUT2D eigenvalue weighted by Crippen LogP contribution is 2.66. The maximum atomic E-state index is 15.7. The molecule has 3 aliphatic rings. The van der Waals surface area contributed by atoms with Gasteiger partial charge in [-0.05, 0) is 85.9 Å². The van der Waals surface area contributed by atoms with Crippen molar-refractivity contribution in [3.05, 3.63) is 97.7 Å². The van der Waals surface area contributed by atoms with Crippen LogP contribution in [0, 0.1) is 25.7 Å². The van der Waals surface area contributed by atoms with E-state index in [9.17, 15) is 42.7 Å². The SMILES string of the molecule is Cc1cc(C)n2c1CC1C=CC(CCC(=O)CCCNC(=O)c3cccc(OCC(N=[N+]=[N-])OCCOCC(=O)NCC#Cc4cn([C@H]5CC[C@@H](COP(=O)(O)OP(=O)(O)OP(C)(=O)O)O5)c(=O)nc4N)c3)=[N+]1[B-]2(F)F. The molecule has 2 aromatic heterocycles. The van der Waals surface area contributed by atoms with Gasteiger partial charge in [-0.2, -0.15) is 9.29 Å². The van der Waals surface area contributed by atoms with Gasteiger partial charge in [0.2, 0.25) is 5.91 Å². The molecular formula is C43H56BF2N10O17P3. The second kappa shape index (κ2) is 26.0. The summed E-state index contributed by atoms with van der Waals surface area (Å²) in [6, 6.07) is 7.50.